The van der Waals surface area contributed by atoms with Crippen LogP contribution in [0.3, 0.4) is 0 Å². The number of hydrogen-bond acceptors (Lipinski definition) is 4. The third-order valence-electron chi connectivity index (χ3n) is 5.70. The Kier molecular flexibility index (Phi) is 5.47. The molecule has 0 saturated carbocycles. The van der Waals surface area contributed by atoms with Gasteiger partial charge in [0.1, 0.15) is 17.1 Å². The number of carbonyl (C=O) groups is 2. The molecule has 1 spiro atoms. The Morgan fingerprint density at radius 2 is 1.83 bits per heavy atom. The Morgan fingerprint density at radius 3 is 2.53 bits per heavy atom. The maximum Gasteiger partial charge on any atom is 0.329 e. The predicted octanol–water partition coefficient (Wildman–Crippen LogP) is 3.70. The fourth-order valence-corrected chi connectivity index (χ4v) is 4.32. The summed E-state index contributed by atoms with van der Waals surface area (Å²) in [4.78, 5) is 29.0. The summed E-state index contributed by atoms with van der Waals surface area (Å²) in [6.45, 7) is 6.04. The van der Waals surface area contributed by atoms with Crippen molar-refractivity contribution in [2.24, 2.45) is 0 Å². The van der Waals surface area contributed by atoms with Crippen molar-refractivity contribution in [2.45, 2.75) is 44.9 Å². The summed E-state index contributed by atoms with van der Waals surface area (Å²) >= 11 is 0. The van der Waals surface area contributed by atoms with Crippen LogP contribution in [-0.4, -0.2) is 41.6 Å². The van der Waals surface area contributed by atoms with Crippen molar-refractivity contribution in [3.8, 4) is 5.75 Å². The average molecular weight is 411 g/mol. The van der Waals surface area contributed by atoms with Gasteiger partial charge >= 0.3 is 6.03 Å². The summed E-state index contributed by atoms with van der Waals surface area (Å²) in [5.74, 6) is 0.105. The number of imide groups is 1. The fourth-order valence-electron chi connectivity index (χ4n) is 4.32. The number of nitrogens with one attached hydrogen (secondary N) is 1. The number of nitrogens with zero attached hydrogens (tertiary/aromatic N) is 2. The van der Waals surface area contributed by atoms with Gasteiger partial charge in [0.25, 0.3) is 5.91 Å². The van der Waals surface area contributed by atoms with E-state index in [1.807, 2.05) is 32.0 Å². The molecule has 2 fully saturated rings. The van der Waals surface area contributed by atoms with E-state index in [0.717, 1.165) is 17.9 Å². The van der Waals surface area contributed by atoms with Gasteiger partial charge in [0, 0.05) is 25.3 Å². The van der Waals surface area contributed by atoms with Gasteiger partial charge in [-0.25, -0.2) is 9.18 Å². The van der Waals surface area contributed by atoms with Gasteiger partial charge in [-0.05, 0) is 62.6 Å². The summed E-state index contributed by atoms with van der Waals surface area (Å²) in [5, 5.41) is 2.43. The van der Waals surface area contributed by atoms with Crippen molar-refractivity contribution in [3.05, 3.63) is 59.9 Å². The van der Waals surface area contributed by atoms with E-state index in [1.54, 1.807) is 12.1 Å². The molecule has 0 unspecified atom stereocenters. The van der Waals surface area contributed by atoms with Gasteiger partial charge in [-0.3, -0.25) is 19.9 Å². The number of amides is 3. The van der Waals surface area contributed by atoms with Crippen molar-refractivity contribution < 1.29 is 18.7 Å². The van der Waals surface area contributed by atoms with E-state index in [9.17, 15) is 14.0 Å². The summed E-state index contributed by atoms with van der Waals surface area (Å²) in [7, 11) is 0. The second-order valence-corrected chi connectivity index (χ2v) is 8.20. The minimum atomic E-state index is -0.968. The highest BCUT2D eigenvalue weighted by Gasteiger charge is 2.54. The second kappa shape index (κ2) is 8.07. The average Bonchev–Trinajstić information content (AvgIpc) is 2.93. The lowest BCUT2D eigenvalue weighted by molar-refractivity contribution is -0.124. The van der Waals surface area contributed by atoms with E-state index < -0.39 is 17.4 Å². The number of urea groups is 1. The highest BCUT2D eigenvalue weighted by molar-refractivity contribution is 6.17. The van der Waals surface area contributed by atoms with Crippen molar-refractivity contribution >= 4 is 17.6 Å². The molecular formula is C23H26FN3O3. The number of anilines is 1. The number of benzene rings is 2. The highest BCUT2D eigenvalue weighted by atomic mass is 19.1. The van der Waals surface area contributed by atoms with Crippen LogP contribution in [0, 0.1) is 5.82 Å². The first-order valence-electron chi connectivity index (χ1n) is 10.3. The number of hydrogen-bond donors (Lipinski definition) is 1. The first kappa shape index (κ1) is 20.3. The number of ether oxygens (including phenoxy) is 1. The molecule has 0 aromatic heterocycles. The Balaban J connectivity index is 1.48. The summed E-state index contributed by atoms with van der Waals surface area (Å²) in [5.41, 5.74) is 0.577. The largest absolute Gasteiger partial charge is 0.491 e. The van der Waals surface area contributed by atoms with Crippen LogP contribution in [0.15, 0.2) is 48.5 Å². The van der Waals surface area contributed by atoms with Crippen LogP contribution in [0.2, 0.25) is 0 Å². The lowest BCUT2D eigenvalue weighted by atomic mass is 9.85. The molecule has 2 aliphatic heterocycles. The number of likely N-dealkylation sites (tertiary alicyclic amines) is 1. The molecule has 2 aromatic carbocycles. The summed E-state index contributed by atoms with van der Waals surface area (Å²) < 4.78 is 19.5. The lowest BCUT2D eigenvalue weighted by Crippen LogP contribution is -2.56. The van der Waals surface area contributed by atoms with Crippen molar-refractivity contribution in [2.75, 3.05) is 18.0 Å². The van der Waals surface area contributed by atoms with E-state index in [-0.39, 0.29) is 12.0 Å². The molecule has 7 heteroatoms. The molecule has 0 bridgehead atoms. The molecular weight excluding hydrogens is 385 g/mol. The second-order valence-electron chi connectivity index (χ2n) is 8.20. The number of rotatable bonds is 5. The Morgan fingerprint density at radius 1 is 1.10 bits per heavy atom. The third kappa shape index (κ3) is 3.89. The van der Waals surface area contributed by atoms with Crippen LogP contribution in [0.25, 0.3) is 0 Å². The standard InChI is InChI=1S/C23H26FN3O3/c1-16(2)30-20-8-3-5-17(13-20)15-26-11-9-23(10-12-26)21(28)25-22(29)27(23)19-7-4-6-18(24)14-19/h3-8,13-14,16H,9-12,15H2,1-2H3,(H,25,28,29). The van der Waals surface area contributed by atoms with Crippen molar-refractivity contribution in [3.63, 3.8) is 0 Å². The van der Waals surface area contributed by atoms with Crippen LogP contribution in [0.1, 0.15) is 32.3 Å². The molecule has 2 aromatic rings. The molecule has 1 N–H and O–H groups in total. The van der Waals surface area contributed by atoms with Crippen LogP contribution >= 0.6 is 0 Å². The zero-order chi connectivity index (χ0) is 21.3. The first-order chi connectivity index (χ1) is 14.4. The molecule has 0 atom stereocenters. The first-order valence-corrected chi connectivity index (χ1v) is 10.3. The van der Waals surface area contributed by atoms with Gasteiger partial charge in [-0.2, -0.15) is 0 Å². The number of halogens is 1. The molecule has 2 saturated heterocycles. The normalized spacial score (nSPS) is 18.9. The lowest BCUT2D eigenvalue weighted by Gasteiger charge is -2.42. The molecule has 0 aliphatic carbocycles. The van der Waals surface area contributed by atoms with Crippen molar-refractivity contribution in [1.29, 1.82) is 0 Å². The third-order valence-corrected chi connectivity index (χ3v) is 5.70. The van der Waals surface area contributed by atoms with Crippen LogP contribution < -0.4 is 15.0 Å². The smallest absolute Gasteiger partial charge is 0.329 e. The van der Waals surface area contributed by atoms with Crippen LogP contribution in [0.5, 0.6) is 5.75 Å². The van der Waals surface area contributed by atoms with Gasteiger partial charge in [0.2, 0.25) is 0 Å². The van der Waals surface area contributed by atoms with Gasteiger partial charge < -0.3 is 4.74 Å². The molecule has 30 heavy (non-hydrogen) atoms. The topological polar surface area (TPSA) is 61.9 Å². The maximum absolute atomic E-state index is 13.8. The van der Waals surface area contributed by atoms with Crippen LogP contribution in [-0.2, 0) is 11.3 Å². The van der Waals surface area contributed by atoms with E-state index in [1.165, 1.54) is 17.0 Å². The van der Waals surface area contributed by atoms with Gasteiger partial charge in [-0.15, -0.1) is 0 Å². The molecule has 2 heterocycles. The Bertz CT molecular complexity index is 954. The van der Waals surface area contributed by atoms with E-state index in [0.29, 0.717) is 31.6 Å². The summed E-state index contributed by atoms with van der Waals surface area (Å²) in [6.07, 6.45) is 1.09. The van der Waals surface area contributed by atoms with Crippen molar-refractivity contribution in [1.82, 2.24) is 10.2 Å². The minimum Gasteiger partial charge on any atom is -0.491 e. The highest BCUT2D eigenvalue weighted by Crippen LogP contribution is 2.37. The SMILES string of the molecule is CC(C)Oc1cccc(CN2CCC3(CC2)C(=O)NC(=O)N3c2cccc(F)c2)c1. The zero-order valence-electron chi connectivity index (χ0n) is 17.2. The fraction of sp³-hybridized carbons (Fsp3) is 0.391. The Labute approximate surface area is 175 Å². The predicted molar refractivity (Wildman–Crippen MR) is 112 cm³/mol. The van der Waals surface area contributed by atoms with Crippen LogP contribution in [0.4, 0.5) is 14.9 Å². The monoisotopic (exact) mass is 411 g/mol. The van der Waals surface area contributed by atoms with Gasteiger partial charge in [-0.1, -0.05) is 18.2 Å². The molecule has 4 rings (SSSR count). The van der Waals surface area contributed by atoms with E-state index in [2.05, 4.69) is 16.3 Å². The number of piperidine rings is 1. The van der Waals surface area contributed by atoms with E-state index in [4.69, 9.17) is 4.74 Å². The number of carbonyl (C=O) groups excluding carboxylic acids is 2. The molecule has 6 nitrogen and oxygen atoms in total. The van der Waals surface area contributed by atoms with E-state index >= 15 is 0 Å². The molecule has 3 amide bonds. The Hall–Kier alpha value is -2.93. The summed E-state index contributed by atoms with van der Waals surface area (Å²) in [6, 6.07) is 13.4. The quantitative estimate of drug-likeness (QED) is 0.762. The molecule has 158 valence electrons. The zero-order valence-corrected chi connectivity index (χ0v) is 17.2. The van der Waals surface area contributed by atoms with Gasteiger partial charge in [0.05, 0.1) is 6.10 Å². The molecule has 2 aliphatic rings. The molecule has 0 radical (unpaired) electrons. The maximum atomic E-state index is 13.8. The minimum absolute atomic E-state index is 0.113. The van der Waals surface area contributed by atoms with Gasteiger partial charge in [0.15, 0.2) is 0 Å².